The molecular formula is C24H23FN2O2. The highest BCUT2D eigenvalue weighted by molar-refractivity contribution is 5.54. The lowest BCUT2D eigenvalue weighted by atomic mass is 9.87. The van der Waals surface area contributed by atoms with E-state index < -0.39 is 0 Å². The Hall–Kier alpha value is -3.21. The van der Waals surface area contributed by atoms with Gasteiger partial charge in [-0.1, -0.05) is 35.9 Å². The van der Waals surface area contributed by atoms with Gasteiger partial charge in [-0.3, -0.25) is 10.1 Å². The number of nitrogens with zero attached hydrogens (tertiary/aromatic N) is 2. The predicted octanol–water partition coefficient (Wildman–Crippen LogP) is 5.70. The second-order valence-electron chi connectivity index (χ2n) is 7.72. The van der Waals surface area contributed by atoms with Gasteiger partial charge in [-0.25, -0.2) is 4.39 Å². The SMILES string of the molecule is Cc1ccc2c(c1)CCN(c1ccc(F)cc1)C2Cc1ccc(C)c([N+](=O)[O-])c1. The molecule has 1 atom stereocenters. The molecule has 3 aromatic rings. The van der Waals surface area contributed by atoms with Gasteiger partial charge >= 0.3 is 0 Å². The molecular weight excluding hydrogens is 367 g/mol. The van der Waals surface area contributed by atoms with Gasteiger partial charge in [0.1, 0.15) is 5.82 Å². The minimum absolute atomic E-state index is 0.0344. The first-order chi connectivity index (χ1) is 13.9. The molecule has 1 aliphatic rings. The number of aryl methyl sites for hydroxylation is 2. The predicted molar refractivity (Wildman–Crippen MR) is 113 cm³/mol. The molecule has 0 radical (unpaired) electrons. The van der Waals surface area contributed by atoms with Crippen molar-refractivity contribution in [2.75, 3.05) is 11.4 Å². The molecule has 1 aliphatic heterocycles. The van der Waals surface area contributed by atoms with Crippen molar-refractivity contribution in [1.29, 1.82) is 0 Å². The maximum absolute atomic E-state index is 13.5. The van der Waals surface area contributed by atoms with Gasteiger partial charge in [-0.15, -0.1) is 0 Å². The van der Waals surface area contributed by atoms with Crippen LogP contribution in [0.25, 0.3) is 0 Å². The fourth-order valence-electron chi connectivity index (χ4n) is 4.20. The molecule has 0 amide bonds. The first-order valence-electron chi connectivity index (χ1n) is 9.78. The number of rotatable bonds is 4. The molecule has 1 heterocycles. The van der Waals surface area contributed by atoms with Crippen LogP contribution in [0.2, 0.25) is 0 Å². The summed E-state index contributed by atoms with van der Waals surface area (Å²) in [5.74, 6) is -0.257. The fraction of sp³-hybridized carbons (Fsp3) is 0.250. The zero-order valence-electron chi connectivity index (χ0n) is 16.6. The molecule has 0 aromatic heterocycles. The number of fused-ring (bicyclic) bond motifs is 1. The molecule has 1 unspecified atom stereocenters. The van der Waals surface area contributed by atoms with Crippen molar-refractivity contribution < 1.29 is 9.31 Å². The number of hydrogen-bond acceptors (Lipinski definition) is 3. The van der Waals surface area contributed by atoms with Gasteiger partial charge in [0.15, 0.2) is 0 Å². The fourth-order valence-corrected chi connectivity index (χ4v) is 4.20. The topological polar surface area (TPSA) is 46.4 Å². The van der Waals surface area contributed by atoms with Crippen LogP contribution in [0.3, 0.4) is 0 Å². The van der Waals surface area contributed by atoms with E-state index in [1.165, 1.54) is 28.8 Å². The number of nitro benzene ring substituents is 1. The molecule has 0 aliphatic carbocycles. The van der Waals surface area contributed by atoms with Crippen molar-refractivity contribution in [2.24, 2.45) is 0 Å². The molecule has 29 heavy (non-hydrogen) atoms. The summed E-state index contributed by atoms with van der Waals surface area (Å²) in [6.07, 6.45) is 1.56. The summed E-state index contributed by atoms with van der Waals surface area (Å²) in [4.78, 5) is 13.3. The summed E-state index contributed by atoms with van der Waals surface area (Å²) < 4.78 is 13.5. The van der Waals surface area contributed by atoms with Crippen LogP contribution in [-0.4, -0.2) is 11.5 Å². The monoisotopic (exact) mass is 390 g/mol. The van der Waals surface area contributed by atoms with Crippen LogP contribution in [0.15, 0.2) is 60.7 Å². The van der Waals surface area contributed by atoms with Gasteiger partial charge < -0.3 is 4.90 Å². The van der Waals surface area contributed by atoms with Crippen molar-refractivity contribution in [1.82, 2.24) is 0 Å². The molecule has 148 valence electrons. The van der Waals surface area contributed by atoms with E-state index >= 15 is 0 Å². The lowest BCUT2D eigenvalue weighted by Gasteiger charge is -2.39. The maximum Gasteiger partial charge on any atom is 0.272 e. The first-order valence-corrected chi connectivity index (χ1v) is 9.78. The number of hydrogen-bond donors (Lipinski definition) is 0. The Balaban J connectivity index is 1.76. The van der Waals surface area contributed by atoms with Crippen molar-refractivity contribution >= 4 is 11.4 Å². The lowest BCUT2D eigenvalue weighted by molar-refractivity contribution is -0.385. The molecule has 0 bridgehead atoms. The van der Waals surface area contributed by atoms with E-state index in [0.717, 1.165) is 24.2 Å². The molecule has 0 saturated carbocycles. The van der Waals surface area contributed by atoms with Crippen LogP contribution in [0.1, 0.15) is 33.9 Å². The third kappa shape index (κ3) is 3.86. The van der Waals surface area contributed by atoms with E-state index in [4.69, 9.17) is 0 Å². The molecule has 0 N–H and O–H groups in total. The van der Waals surface area contributed by atoms with Crippen molar-refractivity contribution in [2.45, 2.75) is 32.7 Å². The third-order valence-electron chi connectivity index (χ3n) is 5.71. The first kappa shape index (κ1) is 19.1. The summed E-state index contributed by atoms with van der Waals surface area (Å²) >= 11 is 0. The van der Waals surface area contributed by atoms with E-state index in [2.05, 4.69) is 30.0 Å². The van der Waals surface area contributed by atoms with Crippen LogP contribution in [0.4, 0.5) is 15.8 Å². The maximum atomic E-state index is 13.5. The van der Waals surface area contributed by atoms with Crippen molar-refractivity contribution in [3.05, 3.63) is 104 Å². The molecule has 4 nitrogen and oxygen atoms in total. The van der Waals surface area contributed by atoms with Crippen molar-refractivity contribution in [3.63, 3.8) is 0 Å². The number of nitro groups is 1. The van der Waals surface area contributed by atoms with Crippen LogP contribution < -0.4 is 4.90 Å². The summed E-state index contributed by atoms with van der Waals surface area (Å²) in [6.45, 7) is 4.66. The normalized spacial score (nSPS) is 15.8. The highest BCUT2D eigenvalue weighted by atomic mass is 19.1. The average molecular weight is 390 g/mol. The molecule has 5 heteroatoms. The summed E-state index contributed by atoms with van der Waals surface area (Å²) in [7, 11) is 0. The quantitative estimate of drug-likeness (QED) is 0.424. The Bertz CT molecular complexity index is 1060. The minimum atomic E-state index is -0.325. The van der Waals surface area contributed by atoms with Crippen LogP contribution in [-0.2, 0) is 12.8 Å². The Morgan fingerprint density at radius 1 is 1.07 bits per heavy atom. The Morgan fingerprint density at radius 3 is 2.55 bits per heavy atom. The van der Waals surface area contributed by atoms with Gasteiger partial charge in [0.25, 0.3) is 5.69 Å². The molecule has 0 saturated heterocycles. The zero-order chi connectivity index (χ0) is 20.5. The van der Waals surface area contributed by atoms with E-state index in [9.17, 15) is 14.5 Å². The molecule has 3 aromatic carbocycles. The molecule has 4 rings (SSSR count). The molecule has 0 fully saturated rings. The van der Waals surface area contributed by atoms with Crippen LogP contribution in [0.5, 0.6) is 0 Å². The van der Waals surface area contributed by atoms with Crippen LogP contribution in [0, 0.1) is 29.8 Å². The summed E-state index contributed by atoms with van der Waals surface area (Å²) in [5, 5.41) is 11.4. The smallest absolute Gasteiger partial charge is 0.272 e. The van der Waals surface area contributed by atoms with E-state index in [1.807, 2.05) is 12.1 Å². The van der Waals surface area contributed by atoms with E-state index in [-0.39, 0.29) is 22.5 Å². The van der Waals surface area contributed by atoms with Crippen molar-refractivity contribution in [3.8, 4) is 0 Å². The summed E-state index contributed by atoms with van der Waals surface area (Å²) in [6, 6.07) is 18.6. The standard InChI is InChI=1S/C24H23FN2O2/c1-16-3-10-22-19(13-16)11-12-26(21-8-6-20(25)7-9-21)24(22)15-18-5-4-17(2)23(14-18)27(28)29/h3-10,13-14,24H,11-12,15H2,1-2H3. The second-order valence-corrected chi connectivity index (χ2v) is 7.72. The van der Waals surface area contributed by atoms with Gasteiger partial charge in [0, 0.05) is 23.9 Å². The third-order valence-corrected chi connectivity index (χ3v) is 5.71. The average Bonchev–Trinajstić information content (AvgIpc) is 2.70. The van der Waals surface area contributed by atoms with Gasteiger partial charge in [-0.05, 0) is 67.6 Å². The van der Waals surface area contributed by atoms with E-state index in [0.29, 0.717) is 12.0 Å². The van der Waals surface area contributed by atoms with Gasteiger partial charge in [0.05, 0.1) is 11.0 Å². The summed E-state index contributed by atoms with van der Waals surface area (Å²) in [5.41, 5.74) is 6.47. The van der Waals surface area contributed by atoms with E-state index in [1.54, 1.807) is 25.1 Å². The number of halogens is 1. The van der Waals surface area contributed by atoms with Gasteiger partial charge in [0.2, 0.25) is 0 Å². The minimum Gasteiger partial charge on any atom is -0.364 e. The number of benzene rings is 3. The highest BCUT2D eigenvalue weighted by Gasteiger charge is 2.28. The lowest BCUT2D eigenvalue weighted by Crippen LogP contribution is -2.36. The van der Waals surface area contributed by atoms with Crippen LogP contribution >= 0.6 is 0 Å². The number of anilines is 1. The van der Waals surface area contributed by atoms with Gasteiger partial charge in [-0.2, -0.15) is 0 Å². The Morgan fingerprint density at radius 2 is 1.83 bits per heavy atom. The second kappa shape index (κ2) is 7.66. The highest BCUT2D eigenvalue weighted by Crippen LogP contribution is 2.37. The Labute approximate surface area is 169 Å². The molecule has 0 spiro atoms. The zero-order valence-corrected chi connectivity index (χ0v) is 16.6. The Kier molecular flexibility index (Phi) is 5.05. The largest absolute Gasteiger partial charge is 0.364 e.